The SMILES string of the molecule is CC(C)(C)c1ccccc1OCC1CC1. The Morgan fingerprint density at radius 3 is 2.47 bits per heavy atom. The molecule has 1 saturated carbocycles. The minimum Gasteiger partial charge on any atom is -0.493 e. The van der Waals surface area contributed by atoms with Crippen molar-refractivity contribution >= 4 is 0 Å². The maximum absolute atomic E-state index is 5.89. The van der Waals surface area contributed by atoms with E-state index in [2.05, 4.69) is 45.0 Å². The second-order valence-electron chi connectivity index (χ2n) is 5.50. The van der Waals surface area contributed by atoms with Crippen molar-refractivity contribution in [2.24, 2.45) is 5.92 Å². The summed E-state index contributed by atoms with van der Waals surface area (Å²) in [4.78, 5) is 0. The Bertz CT molecular complexity index is 331. The van der Waals surface area contributed by atoms with Gasteiger partial charge in [-0.05, 0) is 35.8 Å². The standard InChI is InChI=1S/C14H20O/c1-14(2,3)12-6-4-5-7-13(12)15-10-11-8-9-11/h4-7,11H,8-10H2,1-3H3. The maximum Gasteiger partial charge on any atom is 0.123 e. The third-order valence-corrected chi connectivity index (χ3v) is 2.87. The molecular weight excluding hydrogens is 184 g/mol. The summed E-state index contributed by atoms with van der Waals surface area (Å²) < 4.78 is 5.89. The van der Waals surface area contributed by atoms with Crippen molar-refractivity contribution < 1.29 is 4.74 Å². The van der Waals surface area contributed by atoms with Gasteiger partial charge in [-0.2, -0.15) is 0 Å². The Balaban J connectivity index is 2.13. The molecule has 0 amide bonds. The Morgan fingerprint density at radius 1 is 1.20 bits per heavy atom. The van der Waals surface area contributed by atoms with E-state index in [0.717, 1.165) is 18.3 Å². The average Bonchev–Trinajstić information content (AvgIpc) is 2.97. The van der Waals surface area contributed by atoms with E-state index in [1.54, 1.807) is 0 Å². The van der Waals surface area contributed by atoms with E-state index in [1.165, 1.54) is 18.4 Å². The molecule has 0 aliphatic heterocycles. The summed E-state index contributed by atoms with van der Waals surface area (Å²) in [5.41, 5.74) is 1.48. The van der Waals surface area contributed by atoms with Crippen LogP contribution in [-0.2, 0) is 5.41 Å². The first-order valence-electron chi connectivity index (χ1n) is 5.79. The third-order valence-electron chi connectivity index (χ3n) is 2.87. The number of benzene rings is 1. The van der Waals surface area contributed by atoms with E-state index in [-0.39, 0.29) is 5.41 Å². The molecule has 1 heteroatoms. The molecule has 2 rings (SSSR count). The number of ether oxygens (including phenoxy) is 1. The van der Waals surface area contributed by atoms with Crippen molar-refractivity contribution in [2.45, 2.75) is 39.0 Å². The van der Waals surface area contributed by atoms with Gasteiger partial charge >= 0.3 is 0 Å². The van der Waals surface area contributed by atoms with Gasteiger partial charge < -0.3 is 4.74 Å². The molecule has 0 radical (unpaired) electrons. The minimum absolute atomic E-state index is 0.167. The Hall–Kier alpha value is -0.980. The van der Waals surface area contributed by atoms with Crippen LogP contribution in [0.3, 0.4) is 0 Å². The Labute approximate surface area is 92.5 Å². The molecule has 0 N–H and O–H groups in total. The first-order chi connectivity index (χ1) is 7.07. The molecule has 0 heterocycles. The maximum atomic E-state index is 5.89. The summed E-state index contributed by atoms with van der Waals surface area (Å²) in [6.45, 7) is 7.58. The highest BCUT2D eigenvalue weighted by Gasteiger charge is 2.24. The van der Waals surface area contributed by atoms with Crippen molar-refractivity contribution in [3.63, 3.8) is 0 Å². The smallest absolute Gasteiger partial charge is 0.123 e. The van der Waals surface area contributed by atoms with Crippen molar-refractivity contribution in [3.05, 3.63) is 29.8 Å². The lowest BCUT2D eigenvalue weighted by atomic mass is 9.86. The average molecular weight is 204 g/mol. The van der Waals surface area contributed by atoms with Crippen molar-refractivity contribution in [3.8, 4) is 5.75 Å². The fourth-order valence-electron chi connectivity index (χ4n) is 1.70. The zero-order valence-electron chi connectivity index (χ0n) is 9.92. The molecule has 1 fully saturated rings. The number of hydrogen-bond donors (Lipinski definition) is 0. The van der Waals surface area contributed by atoms with Crippen LogP contribution >= 0.6 is 0 Å². The number of hydrogen-bond acceptors (Lipinski definition) is 1. The molecule has 15 heavy (non-hydrogen) atoms. The van der Waals surface area contributed by atoms with Crippen molar-refractivity contribution in [1.29, 1.82) is 0 Å². The summed E-state index contributed by atoms with van der Waals surface area (Å²) in [6.07, 6.45) is 2.69. The van der Waals surface area contributed by atoms with Crippen LogP contribution in [0.5, 0.6) is 5.75 Å². The fraction of sp³-hybridized carbons (Fsp3) is 0.571. The molecular formula is C14H20O. The summed E-state index contributed by atoms with van der Waals surface area (Å²) in [6, 6.07) is 8.40. The molecule has 1 aliphatic carbocycles. The first-order valence-corrected chi connectivity index (χ1v) is 5.79. The van der Waals surface area contributed by atoms with E-state index < -0.39 is 0 Å². The van der Waals surface area contributed by atoms with Gasteiger partial charge in [-0.25, -0.2) is 0 Å². The number of para-hydroxylation sites is 1. The second-order valence-corrected chi connectivity index (χ2v) is 5.50. The lowest BCUT2D eigenvalue weighted by Crippen LogP contribution is -2.14. The van der Waals surface area contributed by atoms with Gasteiger partial charge in [0.2, 0.25) is 0 Å². The highest BCUT2D eigenvalue weighted by Crippen LogP contribution is 2.34. The van der Waals surface area contributed by atoms with Crippen molar-refractivity contribution in [2.75, 3.05) is 6.61 Å². The molecule has 1 aromatic carbocycles. The summed E-state index contributed by atoms with van der Waals surface area (Å²) in [5, 5.41) is 0. The van der Waals surface area contributed by atoms with Crippen LogP contribution in [0.25, 0.3) is 0 Å². The quantitative estimate of drug-likeness (QED) is 0.728. The predicted octanol–water partition coefficient (Wildman–Crippen LogP) is 3.77. The fourth-order valence-corrected chi connectivity index (χ4v) is 1.70. The molecule has 1 nitrogen and oxygen atoms in total. The Kier molecular flexibility index (Phi) is 2.72. The van der Waals surface area contributed by atoms with Gasteiger partial charge in [0.25, 0.3) is 0 Å². The van der Waals surface area contributed by atoms with Crippen molar-refractivity contribution in [1.82, 2.24) is 0 Å². The van der Waals surface area contributed by atoms with E-state index in [0.29, 0.717) is 0 Å². The summed E-state index contributed by atoms with van der Waals surface area (Å²) in [5.74, 6) is 1.88. The molecule has 82 valence electrons. The van der Waals surface area contributed by atoms with Gasteiger partial charge in [0.05, 0.1) is 6.61 Å². The molecule has 0 saturated heterocycles. The zero-order valence-corrected chi connectivity index (χ0v) is 9.92. The van der Waals surface area contributed by atoms with Crippen LogP contribution in [0.15, 0.2) is 24.3 Å². The van der Waals surface area contributed by atoms with Crippen LogP contribution in [0.1, 0.15) is 39.2 Å². The molecule has 0 unspecified atom stereocenters. The lowest BCUT2D eigenvalue weighted by molar-refractivity contribution is 0.292. The van der Waals surface area contributed by atoms with E-state index in [1.807, 2.05) is 0 Å². The largest absolute Gasteiger partial charge is 0.493 e. The van der Waals surface area contributed by atoms with Gasteiger partial charge in [0.15, 0.2) is 0 Å². The van der Waals surface area contributed by atoms with Crippen LogP contribution in [-0.4, -0.2) is 6.61 Å². The third kappa shape index (κ3) is 2.74. The monoisotopic (exact) mass is 204 g/mol. The second kappa shape index (κ2) is 3.88. The van der Waals surface area contributed by atoms with Gasteiger partial charge in [-0.15, -0.1) is 0 Å². The van der Waals surface area contributed by atoms with E-state index in [9.17, 15) is 0 Å². The van der Waals surface area contributed by atoms with Gasteiger partial charge in [0.1, 0.15) is 5.75 Å². The van der Waals surface area contributed by atoms with Crippen LogP contribution in [0.4, 0.5) is 0 Å². The normalized spacial score (nSPS) is 16.5. The molecule has 0 aromatic heterocycles. The first kappa shape index (κ1) is 10.5. The highest BCUT2D eigenvalue weighted by molar-refractivity contribution is 5.38. The lowest BCUT2D eigenvalue weighted by Gasteiger charge is -2.22. The zero-order chi connectivity index (χ0) is 10.9. The predicted molar refractivity (Wildman–Crippen MR) is 63.4 cm³/mol. The number of rotatable bonds is 3. The molecule has 0 atom stereocenters. The summed E-state index contributed by atoms with van der Waals surface area (Å²) >= 11 is 0. The van der Waals surface area contributed by atoms with Crippen LogP contribution in [0, 0.1) is 5.92 Å². The van der Waals surface area contributed by atoms with Crippen LogP contribution < -0.4 is 4.74 Å². The Morgan fingerprint density at radius 2 is 1.87 bits per heavy atom. The molecule has 1 aromatic rings. The highest BCUT2D eigenvalue weighted by atomic mass is 16.5. The van der Waals surface area contributed by atoms with E-state index in [4.69, 9.17) is 4.74 Å². The van der Waals surface area contributed by atoms with Gasteiger partial charge in [-0.3, -0.25) is 0 Å². The molecule has 0 spiro atoms. The molecule has 1 aliphatic rings. The van der Waals surface area contributed by atoms with E-state index >= 15 is 0 Å². The van der Waals surface area contributed by atoms with Gasteiger partial charge in [0, 0.05) is 0 Å². The topological polar surface area (TPSA) is 9.23 Å². The molecule has 0 bridgehead atoms. The summed E-state index contributed by atoms with van der Waals surface area (Å²) in [7, 11) is 0. The minimum atomic E-state index is 0.167. The van der Waals surface area contributed by atoms with Crippen LogP contribution in [0.2, 0.25) is 0 Å². The van der Waals surface area contributed by atoms with Gasteiger partial charge in [-0.1, -0.05) is 39.0 Å².